The van der Waals surface area contributed by atoms with E-state index in [2.05, 4.69) is 4.74 Å². The summed E-state index contributed by atoms with van der Waals surface area (Å²) in [6.07, 6.45) is -2.05. The molecule has 2 rings (SSSR count). The monoisotopic (exact) mass is 367 g/mol. The van der Waals surface area contributed by atoms with Gasteiger partial charge in [0.1, 0.15) is 11.9 Å². The van der Waals surface area contributed by atoms with Crippen LogP contribution in [0.15, 0.2) is 18.2 Å². The first-order valence-corrected chi connectivity index (χ1v) is 7.64. The van der Waals surface area contributed by atoms with Gasteiger partial charge >= 0.3 is 11.9 Å². The number of carbonyl (C=O) groups is 3. The molecule has 0 spiro atoms. The number of nitro groups is 1. The number of hydrogen-bond donors (Lipinski definition) is 0. The van der Waals surface area contributed by atoms with Crippen LogP contribution in [0.2, 0.25) is 0 Å². The standard InChI is InChI=1S/C16H17NO9/c1-9(19)24-12-6-14(16(20)23-2)26-15(7-12)25-11-4-3-10(8-18)13(5-11)17(21)22/h3-5,8,12,14-15H,6-7H2,1-2H3/t12-,14-,15+/m0/s1. The van der Waals surface area contributed by atoms with Gasteiger partial charge in [-0.1, -0.05) is 0 Å². The smallest absolute Gasteiger partial charge is 0.335 e. The highest BCUT2D eigenvalue weighted by atomic mass is 16.7. The number of aldehydes is 1. The van der Waals surface area contributed by atoms with Crippen molar-refractivity contribution in [3.05, 3.63) is 33.9 Å². The molecule has 0 N–H and O–H groups in total. The van der Waals surface area contributed by atoms with E-state index in [1.165, 1.54) is 26.2 Å². The fraction of sp³-hybridized carbons (Fsp3) is 0.438. The van der Waals surface area contributed by atoms with Crippen molar-refractivity contribution in [3.8, 4) is 5.75 Å². The molecular formula is C16H17NO9. The summed E-state index contributed by atoms with van der Waals surface area (Å²) in [5.74, 6) is -1.11. The molecular weight excluding hydrogens is 350 g/mol. The number of ether oxygens (including phenoxy) is 4. The van der Waals surface area contributed by atoms with Gasteiger partial charge in [-0.3, -0.25) is 19.7 Å². The summed E-state index contributed by atoms with van der Waals surface area (Å²) in [5, 5.41) is 11.0. The van der Waals surface area contributed by atoms with E-state index in [0.717, 1.165) is 6.07 Å². The summed E-state index contributed by atoms with van der Waals surface area (Å²) in [5.41, 5.74) is -0.522. The minimum Gasteiger partial charge on any atom is -0.467 e. The Balaban J connectivity index is 2.19. The van der Waals surface area contributed by atoms with Crippen molar-refractivity contribution in [2.75, 3.05) is 7.11 Å². The zero-order valence-electron chi connectivity index (χ0n) is 14.1. The van der Waals surface area contributed by atoms with E-state index in [1.807, 2.05) is 0 Å². The number of hydrogen-bond acceptors (Lipinski definition) is 9. The van der Waals surface area contributed by atoms with E-state index in [0.29, 0.717) is 6.29 Å². The molecule has 140 valence electrons. The maximum absolute atomic E-state index is 11.8. The fourth-order valence-electron chi connectivity index (χ4n) is 2.54. The Morgan fingerprint density at radius 2 is 2.08 bits per heavy atom. The molecule has 26 heavy (non-hydrogen) atoms. The Kier molecular flexibility index (Phi) is 6.23. The first-order chi connectivity index (χ1) is 12.3. The first kappa shape index (κ1) is 19.3. The van der Waals surface area contributed by atoms with E-state index in [1.54, 1.807) is 0 Å². The molecule has 10 nitrogen and oxygen atoms in total. The lowest BCUT2D eigenvalue weighted by Crippen LogP contribution is -2.44. The number of rotatable bonds is 6. The highest BCUT2D eigenvalue weighted by Gasteiger charge is 2.37. The van der Waals surface area contributed by atoms with Crippen molar-refractivity contribution in [3.63, 3.8) is 0 Å². The molecule has 0 amide bonds. The molecule has 0 radical (unpaired) electrons. The minimum absolute atomic E-state index is 0.0689. The molecule has 1 saturated heterocycles. The van der Waals surface area contributed by atoms with Gasteiger partial charge in [0, 0.05) is 19.8 Å². The Morgan fingerprint density at radius 3 is 2.65 bits per heavy atom. The second-order valence-electron chi connectivity index (χ2n) is 5.49. The molecule has 0 aliphatic carbocycles. The highest BCUT2D eigenvalue weighted by Crippen LogP contribution is 2.29. The second-order valence-corrected chi connectivity index (χ2v) is 5.49. The quantitative estimate of drug-likeness (QED) is 0.317. The maximum atomic E-state index is 11.8. The van der Waals surface area contributed by atoms with Gasteiger partial charge in [0.15, 0.2) is 12.4 Å². The number of methoxy groups -OCH3 is 1. The molecule has 0 saturated carbocycles. The van der Waals surface area contributed by atoms with E-state index in [9.17, 15) is 24.5 Å². The van der Waals surface area contributed by atoms with Gasteiger partial charge in [-0.2, -0.15) is 0 Å². The average Bonchev–Trinajstić information content (AvgIpc) is 2.60. The molecule has 0 aromatic heterocycles. The van der Waals surface area contributed by atoms with Gasteiger partial charge in [0.2, 0.25) is 6.29 Å². The minimum atomic E-state index is -1.01. The number of nitro benzene ring substituents is 1. The summed E-state index contributed by atoms with van der Waals surface area (Å²) in [6.45, 7) is 1.24. The van der Waals surface area contributed by atoms with Crippen molar-refractivity contribution < 1.29 is 38.3 Å². The van der Waals surface area contributed by atoms with Crippen LogP contribution in [0.4, 0.5) is 5.69 Å². The topological polar surface area (TPSA) is 131 Å². The Hall–Kier alpha value is -3.01. The lowest BCUT2D eigenvalue weighted by molar-refractivity contribution is -0.385. The molecule has 10 heteroatoms. The first-order valence-electron chi connectivity index (χ1n) is 7.64. The Labute approximate surface area is 148 Å². The summed E-state index contributed by atoms with van der Waals surface area (Å²) in [7, 11) is 1.19. The molecule has 1 fully saturated rings. The fourth-order valence-corrected chi connectivity index (χ4v) is 2.54. The maximum Gasteiger partial charge on any atom is 0.335 e. The second kappa shape index (κ2) is 8.39. The summed E-state index contributed by atoms with van der Waals surface area (Å²) >= 11 is 0. The summed E-state index contributed by atoms with van der Waals surface area (Å²) in [6, 6.07) is 3.68. The molecule has 1 aromatic rings. The van der Waals surface area contributed by atoms with Crippen LogP contribution < -0.4 is 4.74 Å². The van der Waals surface area contributed by atoms with Crippen molar-refractivity contribution in [1.29, 1.82) is 0 Å². The van der Waals surface area contributed by atoms with Crippen LogP contribution in [0, 0.1) is 10.1 Å². The summed E-state index contributed by atoms with van der Waals surface area (Å²) < 4.78 is 20.8. The number of nitrogens with zero attached hydrogens (tertiary/aromatic N) is 1. The molecule has 1 aromatic carbocycles. The number of benzene rings is 1. The van der Waals surface area contributed by atoms with E-state index >= 15 is 0 Å². The predicted octanol–water partition coefficient (Wildman–Crippen LogP) is 1.40. The Bertz CT molecular complexity index is 718. The molecule has 1 heterocycles. The third kappa shape index (κ3) is 4.76. The van der Waals surface area contributed by atoms with E-state index in [-0.39, 0.29) is 24.2 Å². The molecule has 1 aliphatic rings. The van der Waals surface area contributed by atoms with Crippen molar-refractivity contribution in [2.24, 2.45) is 0 Å². The van der Waals surface area contributed by atoms with Gasteiger partial charge < -0.3 is 18.9 Å². The Morgan fingerprint density at radius 1 is 1.35 bits per heavy atom. The van der Waals surface area contributed by atoms with Crippen LogP contribution in [0.3, 0.4) is 0 Å². The van der Waals surface area contributed by atoms with Crippen molar-refractivity contribution >= 4 is 23.9 Å². The largest absolute Gasteiger partial charge is 0.467 e. The number of esters is 2. The average molecular weight is 367 g/mol. The number of carbonyl (C=O) groups excluding carboxylic acids is 3. The van der Waals surface area contributed by atoms with Crippen LogP contribution >= 0.6 is 0 Å². The van der Waals surface area contributed by atoms with Crippen LogP contribution in [-0.2, 0) is 23.8 Å². The van der Waals surface area contributed by atoms with Crippen LogP contribution in [-0.4, -0.2) is 48.8 Å². The SMILES string of the molecule is COC(=O)[C@@H]1C[C@H](OC(C)=O)C[C@H](Oc2ccc(C=O)c([N+](=O)[O-])c2)O1. The lowest BCUT2D eigenvalue weighted by atomic mass is 10.0. The van der Waals surface area contributed by atoms with Crippen LogP contribution in [0.25, 0.3) is 0 Å². The van der Waals surface area contributed by atoms with Gasteiger partial charge in [-0.15, -0.1) is 0 Å². The molecule has 1 aliphatic heterocycles. The van der Waals surface area contributed by atoms with Crippen molar-refractivity contribution in [2.45, 2.75) is 38.3 Å². The highest BCUT2D eigenvalue weighted by molar-refractivity contribution is 5.81. The van der Waals surface area contributed by atoms with Gasteiger partial charge in [-0.25, -0.2) is 4.79 Å². The van der Waals surface area contributed by atoms with Gasteiger partial charge in [0.25, 0.3) is 5.69 Å². The lowest BCUT2D eigenvalue weighted by Gasteiger charge is -2.33. The van der Waals surface area contributed by atoms with E-state index in [4.69, 9.17) is 14.2 Å². The molecule has 3 atom stereocenters. The normalized spacial score (nSPS) is 22.2. The van der Waals surface area contributed by atoms with Gasteiger partial charge in [-0.05, 0) is 12.1 Å². The van der Waals surface area contributed by atoms with Gasteiger partial charge in [0.05, 0.1) is 23.7 Å². The van der Waals surface area contributed by atoms with Crippen LogP contribution in [0.5, 0.6) is 5.75 Å². The molecule has 0 bridgehead atoms. The third-order valence-electron chi connectivity index (χ3n) is 3.64. The molecule has 0 unspecified atom stereocenters. The van der Waals surface area contributed by atoms with Crippen LogP contribution in [0.1, 0.15) is 30.1 Å². The van der Waals surface area contributed by atoms with E-state index < -0.39 is 41.0 Å². The zero-order chi connectivity index (χ0) is 19.3. The zero-order valence-corrected chi connectivity index (χ0v) is 14.1. The summed E-state index contributed by atoms with van der Waals surface area (Å²) in [4.78, 5) is 44.1. The van der Waals surface area contributed by atoms with Crippen molar-refractivity contribution in [1.82, 2.24) is 0 Å². The predicted molar refractivity (Wildman–Crippen MR) is 84.6 cm³/mol. The third-order valence-corrected chi connectivity index (χ3v) is 3.64.